The topological polar surface area (TPSA) is 0 Å². The zero-order chi connectivity index (χ0) is 33.7. The third-order valence-corrected chi connectivity index (χ3v) is 16.2. The Labute approximate surface area is 291 Å². The van der Waals surface area contributed by atoms with Crippen molar-refractivity contribution in [3.05, 3.63) is 191 Å². The van der Waals surface area contributed by atoms with Crippen LogP contribution >= 0.6 is 15.8 Å². The summed E-state index contributed by atoms with van der Waals surface area (Å²) in [6.07, 6.45) is 1.04. The Balaban J connectivity index is 1.68. The highest BCUT2D eigenvalue weighted by molar-refractivity contribution is 7.74. The van der Waals surface area contributed by atoms with E-state index in [1.807, 2.05) is 0 Å². The molecule has 2 unspecified atom stereocenters. The molecule has 0 saturated heterocycles. The van der Waals surface area contributed by atoms with E-state index in [-0.39, 0.29) is 16.7 Å². The van der Waals surface area contributed by atoms with Gasteiger partial charge in [-0.3, -0.25) is 0 Å². The molecule has 0 fully saturated rings. The third kappa shape index (κ3) is 7.27. The second kappa shape index (κ2) is 15.2. The Hall–Kier alpha value is -3.82. The molecule has 2 atom stereocenters. The van der Waals surface area contributed by atoms with Gasteiger partial charge in [-0.2, -0.15) is 0 Å². The lowest BCUT2D eigenvalue weighted by Crippen LogP contribution is -2.37. The van der Waals surface area contributed by atoms with Crippen LogP contribution in [0.25, 0.3) is 0 Å². The van der Waals surface area contributed by atoms with Gasteiger partial charge in [-0.25, -0.2) is 0 Å². The van der Waals surface area contributed by atoms with E-state index in [1.165, 1.54) is 54.6 Å². The van der Waals surface area contributed by atoms with Gasteiger partial charge in [0, 0.05) is 11.3 Å². The molecule has 0 bridgehead atoms. The van der Waals surface area contributed by atoms with Crippen molar-refractivity contribution in [1.82, 2.24) is 0 Å². The predicted octanol–water partition coefficient (Wildman–Crippen LogP) is 11.4. The molecule has 6 aromatic rings. The summed E-state index contributed by atoms with van der Waals surface area (Å²) in [5.41, 5.74) is 8.47. The normalized spacial score (nSPS) is 14.1. The first-order valence-electron chi connectivity index (χ1n) is 17.2. The average molecular weight is 663 g/mol. The molecule has 242 valence electrons. The molecule has 0 N–H and O–H groups in total. The van der Waals surface area contributed by atoms with Crippen LogP contribution in [-0.2, 0) is 0 Å². The molecule has 6 aromatic carbocycles. The van der Waals surface area contributed by atoms with Gasteiger partial charge in [-0.1, -0.05) is 194 Å². The lowest BCUT2D eigenvalue weighted by atomic mass is 9.75. The van der Waals surface area contributed by atoms with Crippen LogP contribution in [0.5, 0.6) is 0 Å². The number of hydrogen-bond donors (Lipinski definition) is 0. The molecule has 0 aliphatic carbocycles. The van der Waals surface area contributed by atoms with Crippen LogP contribution < -0.4 is 21.2 Å². The van der Waals surface area contributed by atoms with Gasteiger partial charge in [-0.15, -0.1) is 0 Å². The molecule has 0 heterocycles. The van der Waals surface area contributed by atoms with Crippen molar-refractivity contribution in [1.29, 1.82) is 0 Å². The van der Waals surface area contributed by atoms with Crippen molar-refractivity contribution in [2.24, 2.45) is 5.41 Å². The van der Waals surface area contributed by atoms with Crippen LogP contribution in [0.2, 0.25) is 0 Å². The van der Waals surface area contributed by atoms with Gasteiger partial charge in [0.15, 0.2) is 0 Å². The summed E-state index contributed by atoms with van der Waals surface area (Å²) in [7, 11) is -1.59. The van der Waals surface area contributed by atoms with Gasteiger partial charge < -0.3 is 0 Å². The molecule has 48 heavy (non-hydrogen) atoms. The molecular formula is C46H48P2. The van der Waals surface area contributed by atoms with E-state index in [9.17, 15) is 0 Å². The van der Waals surface area contributed by atoms with Crippen molar-refractivity contribution >= 4 is 37.1 Å². The Bertz CT molecular complexity index is 1650. The summed E-state index contributed by atoms with van der Waals surface area (Å²) in [4.78, 5) is 0. The van der Waals surface area contributed by atoms with Crippen LogP contribution in [0, 0.1) is 33.1 Å². The fourth-order valence-electron chi connectivity index (χ4n) is 7.17. The van der Waals surface area contributed by atoms with Crippen LogP contribution in [0.3, 0.4) is 0 Å². The fraction of sp³-hybridized carbons (Fsp3) is 0.217. The lowest BCUT2D eigenvalue weighted by Gasteiger charge is -2.50. The molecule has 0 aliphatic rings. The minimum atomic E-state index is -0.794. The van der Waals surface area contributed by atoms with Crippen LogP contribution in [0.1, 0.15) is 65.0 Å². The fourth-order valence-corrected chi connectivity index (χ4v) is 13.7. The maximum atomic E-state index is 2.62. The predicted molar refractivity (Wildman–Crippen MR) is 214 cm³/mol. The summed E-state index contributed by atoms with van der Waals surface area (Å²) < 4.78 is 0. The van der Waals surface area contributed by atoms with E-state index >= 15 is 0 Å². The SMILES string of the molecule is CCC(C)(C(c1ccccc1)P(c1ccc(C)cc1)c1ccc(C)cc1)C(c1ccccc1)P(c1ccc(C)cc1)c1ccc(C)cc1. The highest BCUT2D eigenvalue weighted by Crippen LogP contribution is 2.70. The van der Waals surface area contributed by atoms with Crippen molar-refractivity contribution in [2.45, 2.75) is 59.3 Å². The number of rotatable bonds is 11. The maximum absolute atomic E-state index is 2.62. The first-order valence-corrected chi connectivity index (χ1v) is 20.1. The van der Waals surface area contributed by atoms with Crippen molar-refractivity contribution in [2.75, 3.05) is 0 Å². The largest absolute Gasteiger partial charge is 0.0648 e. The molecule has 2 heteroatoms. The molecule has 0 spiro atoms. The first-order chi connectivity index (χ1) is 23.3. The molecule has 0 aromatic heterocycles. The van der Waals surface area contributed by atoms with Gasteiger partial charge in [0.2, 0.25) is 0 Å². The summed E-state index contributed by atoms with van der Waals surface area (Å²) in [5.74, 6) is 0. The molecular weight excluding hydrogens is 614 g/mol. The van der Waals surface area contributed by atoms with Gasteiger partial charge >= 0.3 is 0 Å². The first kappa shape index (κ1) is 34.1. The second-order valence-corrected chi connectivity index (χ2v) is 18.1. The van der Waals surface area contributed by atoms with Gasteiger partial charge in [0.1, 0.15) is 0 Å². The number of hydrogen-bond acceptors (Lipinski definition) is 0. The van der Waals surface area contributed by atoms with E-state index < -0.39 is 15.8 Å². The van der Waals surface area contributed by atoms with Gasteiger partial charge in [0.25, 0.3) is 0 Å². The minimum Gasteiger partial charge on any atom is -0.0648 e. The summed E-state index contributed by atoms with van der Waals surface area (Å²) in [6, 6.07) is 60.7. The molecule has 0 saturated carbocycles. The van der Waals surface area contributed by atoms with Crippen molar-refractivity contribution in [3.8, 4) is 0 Å². The van der Waals surface area contributed by atoms with E-state index in [1.54, 1.807) is 0 Å². The van der Waals surface area contributed by atoms with Crippen molar-refractivity contribution in [3.63, 3.8) is 0 Å². The Kier molecular flexibility index (Phi) is 10.8. The van der Waals surface area contributed by atoms with E-state index in [0.717, 1.165) is 6.42 Å². The number of aryl methyl sites for hydroxylation is 4. The third-order valence-electron chi connectivity index (χ3n) is 10.0. The highest BCUT2D eigenvalue weighted by Gasteiger charge is 2.49. The van der Waals surface area contributed by atoms with Gasteiger partial charge in [-0.05, 0) is 87.7 Å². The average Bonchev–Trinajstić information content (AvgIpc) is 3.12. The van der Waals surface area contributed by atoms with Crippen molar-refractivity contribution < 1.29 is 0 Å². The quantitative estimate of drug-likeness (QED) is 0.121. The Morgan fingerprint density at radius 2 is 0.646 bits per heavy atom. The highest BCUT2D eigenvalue weighted by atomic mass is 31.1. The smallest absolute Gasteiger partial charge is 0.0185 e. The molecule has 0 amide bonds. The van der Waals surface area contributed by atoms with E-state index in [0.29, 0.717) is 0 Å². The van der Waals surface area contributed by atoms with E-state index in [2.05, 4.69) is 199 Å². The maximum Gasteiger partial charge on any atom is 0.0185 e. The zero-order valence-electron chi connectivity index (χ0n) is 29.3. The zero-order valence-corrected chi connectivity index (χ0v) is 31.1. The standard InChI is InChI=1S/C46H48P2/c1-7-46(6,44(38-14-10-8-11-15-38)47(40-26-18-34(2)19-27-40)41-28-20-35(3)21-29-41)45(39-16-12-9-13-17-39)48(42-30-22-36(4)23-31-42)43-32-24-37(5)25-33-43/h8-33,44-45H,7H2,1-6H3. The molecule has 0 nitrogen and oxygen atoms in total. The summed E-state index contributed by atoms with van der Waals surface area (Å²) in [5, 5.41) is 5.76. The van der Waals surface area contributed by atoms with Gasteiger partial charge in [0.05, 0.1) is 0 Å². The Morgan fingerprint density at radius 3 is 0.875 bits per heavy atom. The molecule has 0 aliphatic heterocycles. The number of benzene rings is 6. The molecule has 6 rings (SSSR count). The summed E-state index contributed by atoms with van der Waals surface area (Å²) in [6.45, 7) is 13.9. The van der Waals surface area contributed by atoms with Crippen LogP contribution in [0.4, 0.5) is 0 Å². The van der Waals surface area contributed by atoms with E-state index in [4.69, 9.17) is 0 Å². The molecule has 0 radical (unpaired) electrons. The second-order valence-electron chi connectivity index (χ2n) is 13.6. The van der Waals surface area contributed by atoms with Crippen LogP contribution in [-0.4, -0.2) is 0 Å². The minimum absolute atomic E-state index is 0.119. The monoisotopic (exact) mass is 662 g/mol. The lowest BCUT2D eigenvalue weighted by molar-refractivity contribution is 0.286. The Morgan fingerprint density at radius 1 is 0.396 bits per heavy atom. The van der Waals surface area contributed by atoms with Crippen LogP contribution in [0.15, 0.2) is 158 Å². The summed E-state index contributed by atoms with van der Waals surface area (Å²) >= 11 is 0.